The number of nitro benzene ring substituents is 1. The lowest BCUT2D eigenvalue weighted by Crippen LogP contribution is -2.37. The summed E-state index contributed by atoms with van der Waals surface area (Å²) in [6, 6.07) is 5.82. The molecule has 0 aliphatic rings. The number of amides is 1. The monoisotopic (exact) mass is 261 g/mol. The van der Waals surface area contributed by atoms with E-state index in [2.05, 4.69) is 5.32 Å². The summed E-state index contributed by atoms with van der Waals surface area (Å²) in [6.07, 6.45) is 0. The van der Waals surface area contributed by atoms with E-state index in [1.165, 1.54) is 6.07 Å². The lowest BCUT2D eigenvalue weighted by molar-refractivity contribution is -0.385. The van der Waals surface area contributed by atoms with E-state index >= 15 is 0 Å². The fourth-order valence-electron chi connectivity index (χ4n) is 1.65. The maximum Gasteiger partial charge on any atom is 0.285 e. The van der Waals surface area contributed by atoms with Crippen molar-refractivity contribution in [2.45, 2.75) is 26.8 Å². The number of carbonyl (C=O) groups is 1. The lowest BCUT2D eigenvalue weighted by Gasteiger charge is -2.15. The number of benzene rings is 1. The van der Waals surface area contributed by atoms with Crippen LogP contribution in [0.4, 0.5) is 5.69 Å². The van der Waals surface area contributed by atoms with E-state index < -0.39 is 16.9 Å². The van der Waals surface area contributed by atoms with E-state index in [1.54, 1.807) is 32.9 Å². The number of hydrogen-bond acceptors (Lipinski definition) is 4. The van der Waals surface area contributed by atoms with Gasteiger partial charge in [0.15, 0.2) is 0 Å². The minimum Gasteiger partial charge on any atom is -0.336 e. The summed E-state index contributed by atoms with van der Waals surface area (Å²) < 4.78 is 0. The van der Waals surface area contributed by atoms with Gasteiger partial charge in [0, 0.05) is 5.56 Å². The highest BCUT2D eigenvalue weighted by Gasteiger charge is 2.24. The summed E-state index contributed by atoms with van der Waals surface area (Å²) in [5.74, 6) is -0.673. The average Bonchev–Trinajstić information content (AvgIpc) is 2.34. The average molecular weight is 261 g/mol. The van der Waals surface area contributed by atoms with Crippen molar-refractivity contribution in [3.05, 3.63) is 39.4 Å². The molecule has 0 aliphatic heterocycles. The number of nitrogens with one attached hydrogen (secondary N) is 1. The predicted molar refractivity (Wildman–Crippen MR) is 69.5 cm³/mol. The van der Waals surface area contributed by atoms with Crippen LogP contribution in [0.25, 0.3) is 0 Å². The molecule has 19 heavy (non-hydrogen) atoms. The standard InChI is InChI=1S/C13H15N3O3/c1-8(2)11(7-14)15-13(17)10-6-4-5-9(3)12(10)16(18)19/h4-6,8,11H,1-3H3,(H,15,17). The number of carbonyl (C=O) groups excluding carboxylic acids is 1. The van der Waals surface area contributed by atoms with Gasteiger partial charge in [-0.1, -0.05) is 26.0 Å². The van der Waals surface area contributed by atoms with Crippen molar-refractivity contribution >= 4 is 11.6 Å². The van der Waals surface area contributed by atoms with Gasteiger partial charge < -0.3 is 5.32 Å². The molecule has 0 aliphatic carbocycles. The molecule has 1 aromatic carbocycles. The third kappa shape index (κ3) is 3.28. The molecule has 0 aromatic heterocycles. The lowest BCUT2D eigenvalue weighted by atomic mass is 10.0. The predicted octanol–water partition coefficient (Wildman–Crippen LogP) is 2.18. The SMILES string of the molecule is Cc1cccc(C(=O)NC(C#N)C(C)C)c1[N+](=O)[O-]. The Morgan fingerprint density at radius 2 is 2.11 bits per heavy atom. The first kappa shape index (κ1) is 14.6. The highest BCUT2D eigenvalue weighted by Crippen LogP contribution is 2.23. The Kier molecular flexibility index (Phi) is 4.59. The largest absolute Gasteiger partial charge is 0.336 e. The molecule has 0 heterocycles. The van der Waals surface area contributed by atoms with Crippen molar-refractivity contribution in [2.75, 3.05) is 0 Å². The molecule has 1 rings (SSSR count). The molecule has 6 heteroatoms. The molecule has 0 bridgehead atoms. The zero-order valence-electron chi connectivity index (χ0n) is 11.0. The number of nitriles is 1. The van der Waals surface area contributed by atoms with Gasteiger partial charge in [0.2, 0.25) is 0 Å². The van der Waals surface area contributed by atoms with Crippen molar-refractivity contribution in [1.29, 1.82) is 5.26 Å². The highest BCUT2D eigenvalue weighted by atomic mass is 16.6. The maximum atomic E-state index is 12.0. The Balaban J connectivity index is 3.11. The first-order valence-corrected chi connectivity index (χ1v) is 5.83. The van der Waals surface area contributed by atoms with E-state index in [9.17, 15) is 14.9 Å². The van der Waals surface area contributed by atoms with E-state index in [4.69, 9.17) is 5.26 Å². The Labute approximate surface area is 111 Å². The Bertz CT molecular complexity index is 547. The third-order valence-corrected chi connectivity index (χ3v) is 2.76. The highest BCUT2D eigenvalue weighted by molar-refractivity contribution is 5.99. The molecular formula is C13H15N3O3. The summed E-state index contributed by atoms with van der Waals surface area (Å²) in [5.41, 5.74) is 0.169. The minimum absolute atomic E-state index is 0.0223. The molecule has 100 valence electrons. The second-order valence-corrected chi connectivity index (χ2v) is 4.55. The van der Waals surface area contributed by atoms with Gasteiger partial charge in [-0.25, -0.2) is 0 Å². The second kappa shape index (κ2) is 5.96. The van der Waals surface area contributed by atoms with Gasteiger partial charge in [0.05, 0.1) is 11.0 Å². The topological polar surface area (TPSA) is 96.0 Å². The third-order valence-electron chi connectivity index (χ3n) is 2.76. The molecule has 1 N–H and O–H groups in total. The Morgan fingerprint density at radius 1 is 1.47 bits per heavy atom. The number of hydrogen-bond donors (Lipinski definition) is 1. The van der Waals surface area contributed by atoms with Crippen LogP contribution in [0, 0.1) is 34.3 Å². The van der Waals surface area contributed by atoms with Crippen LogP contribution < -0.4 is 5.32 Å². The molecule has 1 atom stereocenters. The van der Waals surface area contributed by atoms with Crippen molar-refractivity contribution in [1.82, 2.24) is 5.32 Å². The Morgan fingerprint density at radius 3 is 2.58 bits per heavy atom. The summed E-state index contributed by atoms with van der Waals surface area (Å²) in [4.78, 5) is 22.4. The fraction of sp³-hybridized carbons (Fsp3) is 0.385. The van der Waals surface area contributed by atoms with Gasteiger partial charge >= 0.3 is 0 Å². The normalized spacial score (nSPS) is 11.7. The summed E-state index contributed by atoms with van der Waals surface area (Å²) in [7, 11) is 0. The zero-order chi connectivity index (χ0) is 14.6. The molecule has 0 spiro atoms. The summed E-state index contributed by atoms with van der Waals surface area (Å²) in [5, 5.41) is 22.4. The van der Waals surface area contributed by atoms with Crippen LogP contribution in [0.15, 0.2) is 18.2 Å². The van der Waals surface area contributed by atoms with Gasteiger partial charge in [-0.3, -0.25) is 14.9 Å². The van der Waals surface area contributed by atoms with Gasteiger partial charge in [0.1, 0.15) is 11.6 Å². The molecule has 1 amide bonds. The van der Waals surface area contributed by atoms with Crippen LogP contribution in [0.5, 0.6) is 0 Å². The molecule has 1 aromatic rings. The van der Waals surface area contributed by atoms with Crippen LogP contribution in [0.3, 0.4) is 0 Å². The van der Waals surface area contributed by atoms with Crippen LogP contribution in [0.1, 0.15) is 29.8 Å². The van der Waals surface area contributed by atoms with Gasteiger partial charge in [-0.2, -0.15) is 5.26 Å². The van der Waals surface area contributed by atoms with E-state index in [0.29, 0.717) is 5.56 Å². The van der Waals surface area contributed by atoms with Crippen LogP contribution in [-0.2, 0) is 0 Å². The van der Waals surface area contributed by atoms with E-state index in [-0.39, 0.29) is 17.2 Å². The number of nitro groups is 1. The van der Waals surface area contributed by atoms with Crippen LogP contribution in [-0.4, -0.2) is 16.9 Å². The van der Waals surface area contributed by atoms with E-state index in [1.807, 2.05) is 6.07 Å². The Hall–Kier alpha value is -2.42. The molecule has 0 saturated heterocycles. The minimum atomic E-state index is -0.674. The van der Waals surface area contributed by atoms with Crippen LogP contribution in [0.2, 0.25) is 0 Å². The quantitative estimate of drug-likeness (QED) is 0.663. The fourth-order valence-corrected chi connectivity index (χ4v) is 1.65. The zero-order valence-corrected chi connectivity index (χ0v) is 11.0. The van der Waals surface area contributed by atoms with Crippen LogP contribution >= 0.6 is 0 Å². The molecular weight excluding hydrogens is 246 g/mol. The number of aryl methyl sites for hydroxylation is 1. The smallest absolute Gasteiger partial charge is 0.285 e. The summed E-state index contributed by atoms with van der Waals surface area (Å²) >= 11 is 0. The molecule has 6 nitrogen and oxygen atoms in total. The number of rotatable bonds is 4. The number of nitrogens with zero attached hydrogens (tertiary/aromatic N) is 2. The van der Waals surface area contributed by atoms with Gasteiger partial charge in [-0.05, 0) is 18.9 Å². The first-order chi connectivity index (χ1) is 8.88. The molecule has 0 radical (unpaired) electrons. The first-order valence-electron chi connectivity index (χ1n) is 5.83. The maximum absolute atomic E-state index is 12.0. The second-order valence-electron chi connectivity index (χ2n) is 4.55. The van der Waals surface area contributed by atoms with Crippen molar-refractivity contribution in [2.24, 2.45) is 5.92 Å². The van der Waals surface area contributed by atoms with Gasteiger partial charge in [-0.15, -0.1) is 0 Å². The molecule has 1 unspecified atom stereocenters. The van der Waals surface area contributed by atoms with Crippen molar-refractivity contribution in [3.63, 3.8) is 0 Å². The molecule has 0 saturated carbocycles. The number of para-hydroxylation sites is 1. The summed E-state index contributed by atoms with van der Waals surface area (Å²) in [6.45, 7) is 5.15. The molecule has 0 fully saturated rings. The van der Waals surface area contributed by atoms with Crippen molar-refractivity contribution < 1.29 is 9.72 Å². The van der Waals surface area contributed by atoms with Crippen molar-refractivity contribution in [3.8, 4) is 6.07 Å². The van der Waals surface area contributed by atoms with Gasteiger partial charge in [0.25, 0.3) is 11.6 Å². The van der Waals surface area contributed by atoms with E-state index in [0.717, 1.165) is 0 Å².